The van der Waals surface area contributed by atoms with Crippen molar-refractivity contribution in [3.8, 4) is 0 Å². The van der Waals surface area contributed by atoms with Crippen molar-refractivity contribution in [1.29, 1.82) is 0 Å². The molecular weight excluding hydrogens is 228 g/mol. The molecule has 0 bridgehead atoms. The maximum atomic E-state index is 3.90. The minimum absolute atomic E-state index is 0.468. The molecule has 0 aliphatic heterocycles. The van der Waals surface area contributed by atoms with Crippen LogP contribution in [0.15, 0.2) is 61.7 Å². The van der Waals surface area contributed by atoms with Gasteiger partial charge < -0.3 is 0 Å². The van der Waals surface area contributed by atoms with Gasteiger partial charge in [0, 0.05) is 0 Å². The second kappa shape index (κ2) is 6.19. The quantitative estimate of drug-likeness (QED) is 0.672. The summed E-state index contributed by atoms with van der Waals surface area (Å²) in [5, 5.41) is 0. The molecule has 0 aliphatic rings. The molecule has 0 saturated carbocycles. The van der Waals surface area contributed by atoms with E-state index in [1.54, 1.807) is 0 Å². The molecule has 0 fully saturated rings. The fraction of sp³-hybridized carbons (Fsp3) is 0.158. The van der Waals surface area contributed by atoms with Gasteiger partial charge in [0.2, 0.25) is 0 Å². The second-order valence-corrected chi connectivity index (χ2v) is 4.84. The van der Waals surface area contributed by atoms with Gasteiger partial charge >= 0.3 is 0 Å². The molecule has 0 saturated heterocycles. The van der Waals surface area contributed by atoms with Crippen molar-refractivity contribution in [3.05, 3.63) is 83.9 Å². The Morgan fingerprint density at radius 3 is 2.16 bits per heavy atom. The van der Waals surface area contributed by atoms with Crippen LogP contribution >= 0.6 is 0 Å². The van der Waals surface area contributed by atoms with Crippen LogP contribution in [0.3, 0.4) is 0 Å². The Morgan fingerprint density at radius 1 is 0.895 bits per heavy atom. The molecule has 0 aliphatic carbocycles. The molecule has 0 heteroatoms. The highest BCUT2D eigenvalue weighted by molar-refractivity contribution is 5.55. The Kier molecular flexibility index (Phi) is 4.35. The summed E-state index contributed by atoms with van der Waals surface area (Å²) in [4.78, 5) is 0. The van der Waals surface area contributed by atoms with Crippen LogP contribution in [0.1, 0.15) is 35.1 Å². The van der Waals surface area contributed by atoms with Crippen LogP contribution < -0.4 is 0 Å². The van der Waals surface area contributed by atoms with E-state index in [0.29, 0.717) is 5.92 Å². The summed E-state index contributed by atoms with van der Waals surface area (Å²) in [5.41, 5.74) is 5.16. The third-order valence-electron chi connectivity index (χ3n) is 3.55. The van der Waals surface area contributed by atoms with Crippen molar-refractivity contribution in [2.45, 2.75) is 19.3 Å². The second-order valence-electron chi connectivity index (χ2n) is 4.84. The van der Waals surface area contributed by atoms with Crippen LogP contribution in [0, 0.1) is 0 Å². The molecule has 2 aromatic carbocycles. The van der Waals surface area contributed by atoms with Crippen LogP contribution in [0.25, 0.3) is 12.2 Å². The molecule has 2 rings (SSSR count). The minimum Gasteiger partial charge on any atom is -0.0985 e. The van der Waals surface area contributed by atoms with Gasteiger partial charge in [-0.2, -0.15) is 0 Å². The maximum Gasteiger partial charge on any atom is -0.0144 e. The zero-order chi connectivity index (χ0) is 13.7. The van der Waals surface area contributed by atoms with E-state index in [-0.39, 0.29) is 0 Å². The molecule has 1 atom stereocenters. The average Bonchev–Trinajstić information content (AvgIpc) is 2.47. The van der Waals surface area contributed by atoms with Crippen molar-refractivity contribution in [1.82, 2.24) is 0 Å². The van der Waals surface area contributed by atoms with Gasteiger partial charge in [-0.1, -0.05) is 80.8 Å². The van der Waals surface area contributed by atoms with E-state index < -0.39 is 0 Å². The van der Waals surface area contributed by atoms with E-state index in [1.165, 1.54) is 22.3 Å². The van der Waals surface area contributed by atoms with Crippen LogP contribution in [-0.4, -0.2) is 0 Å². The predicted octanol–water partition coefficient (Wildman–Crippen LogP) is 5.32. The minimum atomic E-state index is 0.468. The number of hydrogen-bond acceptors (Lipinski definition) is 0. The maximum absolute atomic E-state index is 3.90. The Hall–Kier alpha value is -2.08. The first-order valence-corrected chi connectivity index (χ1v) is 6.68. The highest BCUT2D eigenvalue weighted by Gasteiger charge is 2.10. The summed E-state index contributed by atoms with van der Waals surface area (Å²) in [5.74, 6) is 0.468. The summed E-state index contributed by atoms with van der Waals surface area (Å²) in [6.07, 6.45) is 4.89. The van der Waals surface area contributed by atoms with Crippen LogP contribution in [-0.2, 0) is 6.42 Å². The first-order valence-electron chi connectivity index (χ1n) is 6.68. The smallest absolute Gasteiger partial charge is 0.0144 e. The fourth-order valence-electron chi connectivity index (χ4n) is 2.50. The molecule has 19 heavy (non-hydrogen) atoms. The zero-order valence-electron chi connectivity index (χ0n) is 11.5. The lowest BCUT2D eigenvalue weighted by molar-refractivity contribution is 0.756. The van der Waals surface area contributed by atoms with Crippen molar-refractivity contribution in [2.24, 2.45) is 0 Å². The van der Waals surface area contributed by atoms with Crippen molar-refractivity contribution in [3.63, 3.8) is 0 Å². The third-order valence-corrected chi connectivity index (χ3v) is 3.55. The average molecular weight is 248 g/mol. The standard InChI is InChI=1S/C19H20/c1-4-16-10-6-7-12-18(16)14-15(3)19-13-9-8-11-17(19)5-2/h4-13,15H,1-2,14H2,3H3. The van der Waals surface area contributed by atoms with Crippen molar-refractivity contribution in [2.75, 3.05) is 0 Å². The predicted molar refractivity (Wildman–Crippen MR) is 85.2 cm³/mol. The molecule has 0 amide bonds. The number of benzene rings is 2. The molecule has 0 N–H and O–H groups in total. The molecule has 0 nitrogen and oxygen atoms in total. The summed E-state index contributed by atoms with van der Waals surface area (Å²) in [7, 11) is 0. The zero-order valence-corrected chi connectivity index (χ0v) is 11.5. The normalized spacial score (nSPS) is 11.8. The fourth-order valence-corrected chi connectivity index (χ4v) is 2.50. The number of hydrogen-bond donors (Lipinski definition) is 0. The lowest BCUT2D eigenvalue weighted by atomic mass is 9.89. The highest BCUT2D eigenvalue weighted by Crippen LogP contribution is 2.26. The highest BCUT2D eigenvalue weighted by atomic mass is 14.1. The van der Waals surface area contributed by atoms with E-state index in [4.69, 9.17) is 0 Å². The van der Waals surface area contributed by atoms with E-state index in [1.807, 2.05) is 12.2 Å². The Labute approximate surface area is 116 Å². The molecular formula is C19H20. The first kappa shape index (κ1) is 13.4. The Balaban J connectivity index is 2.28. The third kappa shape index (κ3) is 3.03. The molecule has 0 spiro atoms. The molecule has 0 radical (unpaired) electrons. The van der Waals surface area contributed by atoms with Crippen molar-refractivity contribution < 1.29 is 0 Å². The lowest BCUT2D eigenvalue weighted by Crippen LogP contribution is -2.02. The summed E-state index contributed by atoms with van der Waals surface area (Å²) in [6.45, 7) is 10.1. The largest absolute Gasteiger partial charge is 0.0985 e. The monoisotopic (exact) mass is 248 g/mol. The van der Waals surface area contributed by atoms with E-state index in [9.17, 15) is 0 Å². The van der Waals surface area contributed by atoms with Crippen LogP contribution in [0.5, 0.6) is 0 Å². The first-order chi connectivity index (χ1) is 9.26. The van der Waals surface area contributed by atoms with Crippen molar-refractivity contribution >= 4 is 12.2 Å². The number of rotatable bonds is 5. The van der Waals surface area contributed by atoms with Crippen LogP contribution in [0.4, 0.5) is 0 Å². The van der Waals surface area contributed by atoms with Gasteiger partial charge in [-0.05, 0) is 34.6 Å². The summed E-state index contributed by atoms with van der Waals surface area (Å²) >= 11 is 0. The van der Waals surface area contributed by atoms with E-state index in [0.717, 1.165) is 6.42 Å². The molecule has 2 aromatic rings. The van der Waals surface area contributed by atoms with Gasteiger partial charge in [-0.15, -0.1) is 0 Å². The lowest BCUT2D eigenvalue weighted by Gasteiger charge is -2.16. The Bertz CT molecular complexity index is 578. The molecule has 0 heterocycles. The van der Waals surface area contributed by atoms with Gasteiger partial charge in [-0.25, -0.2) is 0 Å². The van der Waals surface area contributed by atoms with Gasteiger partial charge in [0.05, 0.1) is 0 Å². The summed E-state index contributed by atoms with van der Waals surface area (Å²) in [6, 6.07) is 16.9. The Morgan fingerprint density at radius 2 is 1.47 bits per heavy atom. The SMILES string of the molecule is C=Cc1ccccc1CC(C)c1ccccc1C=C. The van der Waals surface area contributed by atoms with Gasteiger partial charge in [0.15, 0.2) is 0 Å². The van der Waals surface area contributed by atoms with Gasteiger partial charge in [-0.3, -0.25) is 0 Å². The topological polar surface area (TPSA) is 0 Å². The van der Waals surface area contributed by atoms with Gasteiger partial charge in [0.25, 0.3) is 0 Å². The van der Waals surface area contributed by atoms with Gasteiger partial charge in [0.1, 0.15) is 0 Å². The summed E-state index contributed by atoms with van der Waals surface area (Å²) < 4.78 is 0. The van der Waals surface area contributed by atoms with Crippen LogP contribution in [0.2, 0.25) is 0 Å². The van der Waals surface area contributed by atoms with E-state index >= 15 is 0 Å². The molecule has 0 aromatic heterocycles. The molecule has 96 valence electrons. The van der Waals surface area contributed by atoms with E-state index in [2.05, 4.69) is 68.6 Å². The molecule has 1 unspecified atom stereocenters.